The summed E-state index contributed by atoms with van der Waals surface area (Å²) in [4.78, 5) is 17.4. The molecule has 0 bridgehead atoms. The molecule has 134 valence electrons. The van der Waals surface area contributed by atoms with Gasteiger partial charge in [-0.05, 0) is 43.2 Å². The van der Waals surface area contributed by atoms with Crippen LogP contribution in [0, 0.1) is 12.3 Å². The van der Waals surface area contributed by atoms with E-state index in [-0.39, 0.29) is 11.4 Å². The van der Waals surface area contributed by atoms with Gasteiger partial charge in [-0.2, -0.15) is 0 Å². The standard InChI is InChI=1S/C18H29N3O2S/c1-14-5-11-24-15(14)12-21-9-4-16-18(13-21,7-10-23-16)6-8-19-17(22)20(2)3/h5,11,16H,4,6-10,12-13H2,1-3H3,(H,19,22)/t16-,18+/m1/s1. The number of piperidine rings is 1. The van der Waals surface area contributed by atoms with Crippen LogP contribution in [0.25, 0.3) is 0 Å². The van der Waals surface area contributed by atoms with Crippen molar-refractivity contribution in [3.63, 3.8) is 0 Å². The van der Waals surface area contributed by atoms with Crippen LogP contribution in [0.5, 0.6) is 0 Å². The average Bonchev–Trinajstić information content (AvgIpc) is 3.13. The van der Waals surface area contributed by atoms with Crippen LogP contribution in [-0.2, 0) is 11.3 Å². The van der Waals surface area contributed by atoms with Crippen LogP contribution < -0.4 is 5.32 Å². The lowest BCUT2D eigenvalue weighted by Gasteiger charge is -2.44. The summed E-state index contributed by atoms with van der Waals surface area (Å²) in [6.07, 6.45) is 3.56. The zero-order valence-corrected chi connectivity index (χ0v) is 15.8. The first kappa shape index (κ1) is 17.7. The normalized spacial score (nSPS) is 27.0. The van der Waals surface area contributed by atoms with Gasteiger partial charge in [-0.25, -0.2) is 4.79 Å². The zero-order chi connectivity index (χ0) is 17.2. The van der Waals surface area contributed by atoms with Gasteiger partial charge in [-0.3, -0.25) is 4.90 Å². The lowest BCUT2D eigenvalue weighted by Crippen LogP contribution is -2.50. The maximum atomic E-state index is 11.8. The summed E-state index contributed by atoms with van der Waals surface area (Å²) in [7, 11) is 3.56. The fraction of sp³-hybridized carbons (Fsp3) is 0.722. The third-order valence-corrected chi connectivity index (χ3v) is 6.50. The monoisotopic (exact) mass is 351 g/mol. The summed E-state index contributed by atoms with van der Waals surface area (Å²) >= 11 is 1.86. The van der Waals surface area contributed by atoms with Gasteiger partial charge in [0.15, 0.2) is 0 Å². The van der Waals surface area contributed by atoms with E-state index in [1.54, 1.807) is 19.0 Å². The molecule has 2 aliphatic heterocycles. The van der Waals surface area contributed by atoms with E-state index < -0.39 is 0 Å². The Labute approximate surface area is 149 Å². The van der Waals surface area contributed by atoms with Gasteiger partial charge in [0, 0.05) is 57.2 Å². The van der Waals surface area contributed by atoms with E-state index in [1.807, 2.05) is 11.3 Å². The van der Waals surface area contributed by atoms with E-state index in [0.717, 1.165) is 52.0 Å². The van der Waals surface area contributed by atoms with Crippen LogP contribution in [0.1, 0.15) is 29.7 Å². The van der Waals surface area contributed by atoms with Crippen molar-refractivity contribution >= 4 is 17.4 Å². The van der Waals surface area contributed by atoms with Crippen molar-refractivity contribution in [2.75, 3.05) is 40.3 Å². The molecular formula is C18H29N3O2S. The Morgan fingerprint density at radius 1 is 1.54 bits per heavy atom. The first-order valence-electron chi connectivity index (χ1n) is 8.82. The number of rotatable bonds is 5. The number of hydrogen-bond acceptors (Lipinski definition) is 4. The Morgan fingerprint density at radius 2 is 2.38 bits per heavy atom. The number of aryl methyl sites for hydroxylation is 1. The number of hydrogen-bond donors (Lipinski definition) is 1. The highest BCUT2D eigenvalue weighted by atomic mass is 32.1. The van der Waals surface area contributed by atoms with Gasteiger partial charge in [0.1, 0.15) is 0 Å². The average molecular weight is 352 g/mol. The molecule has 0 spiro atoms. The summed E-state index contributed by atoms with van der Waals surface area (Å²) in [6.45, 7) is 7.01. The maximum Gasteiger partial charge on any atom is 0.316 e. The highest BCUT2D eigenvalue weighted by Crippen LogP contribution is 2.43. The van der Waals surface area contributed by atoms with Gasteiger partial charge < -0.3 is 15.0 Å². The quantitative estimate of drug-likeness (QED) is 0.887. The molecule has 0 aromatic carbocycles. The lowest BCUT2D eigenvalue weighted by atomic mass is 9.74. The van der Waals surface area contributed by atoms with E-state index in [0.29, 0.717) is 6.10 Å². The molecule has 2 atom stereocenters. The Balaban J connectivity index is 1.60. The summed E-state index contributed by atoms with van der Waals surface area (Å²) in [5, 5.41) is 5.20. The van der Waals surface area contributed by atoms with Crippen LogP contribution in [0.3, 0.4) is 0 Å². The fourth-order valence-electron chi connectivity index (χ4n) is 3.98. The zero-order valence-electron chi connectivity index (χ0n) is 15.0. The largest absolute Gasteiger partial charge is 0.378 e. The van der Waals surface area contributed by atoms with Crippen molar-refractivity contribution in [1.82, 2.24) is 15.1 Å². The minimum atomic E-state index is -0.0104. The van der Waals surface area contributed by atoms with Gasteiger partial charge in [0.2, 0.25) is 0 Å². The van der Waals surface area contributed by atoms with E-state index in [9.17, 15) is 4.79 Å². The van der Waals surface area contributed by atoms with Gasteiger partial charge in [0.25, 0.3) is 0 Å². The number of fused-ring (bicyclic) bond motifs is 1. The molecule has 2 saturated heterocycles. The molecular weight excluding hydrogens is 322 g/mol. The first-order chi connectivity index (χ1) is 11.5. The Hall–Kier alpha value is -1.11. The third-order valence-electron chi connectivity index (χ3n) is 5.49. The number of amides is 2. The van der Waals surface area contributed by atoms with Gasteiger partial charge in [-0.15, -0.1) is 11.3 Å². The van der Waals surface area contributed by atoms with Crippen LogP contribution in [0.2, 0.25) is 0 Å². The van der Waals surface area contributed by atoms with E-state index in [2.05, 4.69) is 28.6 Å². The molecule has 2 fully saturated rings. The second-order valence-corrected chi connectivity index (χ2v) is 8.37. The minimum absolute atomic E-state index is 0.0104. The van der Waals surface area contributed by atoms with Crippen molar-refractivity contribution < 1.29 is 9.53 Å². The number of thiophene rings is 1. The molecule has 6 heteroatoms. The third kappa shape index (κ3) is 3.76. The van der Waals surface area contributed by atoms with E-state index >= 15 is 0 Å². The minimum Gasteiger partial charge on any atom is -0.378 e. The number of nitrogens with zero attached hydrogens (tertiary/aromatic N) is 2. The molecule has 1 N–H and O–H groups in total. The van der Waals surface area contributed by atoms with Crippen molar-refractivity contribution in [1.29, 1.82) is 0 Å². The fourth-order valence-corrected chi connectivity index (χ4v) is 4.93. The molecule has 1 aromatic heterocycles. The number of urea groups is 1. The maximum absolute atomic E-state index is 11.8. The van der Waals surface area contributed by atoms with E-state index in [4.69, 9.17) is 4.74 Å². The van der Waals surface area contributed by atoms with Crippen molar-refractivity contribution in [3.8, 4) is 0 Å². The Kier molecular flexibility index (Phi) is 5.47. The van der Waals surface area contributed by atoms with Crippen LogP contribution in [0.4, 0.5) is 4.79 Å². The molecule has 0 unspecified atom stereocenters. The molecule has 3 heterocycles. The smallest absolute Gasteiger partial charge is 0.316 e. The number of ether oxygens (including phenoxy) is 1. The molecule has 0 saturated carbocycles. The SMILES string of the molecule is Cc1ccsc1CN1CC[C@H]2OCC[C@@]2(CCNC(=O)N(C)C)C1. The Bertz CT molecular complexity index is 574. The van der Waals surface area contributed by atoms with Crippen LogP contribution >= 0.6 is 11.3 Å². The Morgan fingerprint density at radius 3 is 3.08 bits per heavy atom. The molecule has 0 radical (unpaired) electrons. The first-order valence-corrected chi connectivity index (χ1v) is 9.70. The van der Waals surface area contributed by atoms with Crippen molar-refractivity contribution in [2.45, 2.75) is 38.8 Å². The van der Waals surface area contributed by atoms with Crippen molar-refractivity contribution in [2.24, 2.45) is 5.41 Å². The summed E-state index contributed by atoms with van der Waals surface area (Å²) in [5.74, 6) is 0. The molecule has 24 heavy (non-hydrogen) atoms. The number of nitrogens with one attached hydrogen (secondary N) is 1. The summed E-state index contributed by atoms with van der Waals surface area (Å²) in [6, 6.07) is 2.20. The van der Waals surface area contributed by atoms with Crippen molar-refractivity contribution in [3.05, 3.63) is 21.9 Å². The predicted molar refractivity (Wildman–Crippen MR) is 97.4 cm³/mol. The van der Waals surface area contributed by atoms with Gasteiger partial charge in [-0.1, -0.05) is 0 Å². The molecule has 2 amide bonds. The van der Waals surface area contributed by atoms with Gasteiger partial charge in [0.05, 0.1) is 6.10 Å². The predicted octanol–water partition coefficient (Wildman–Crippen LogP) is 2.70. The van der Waals surface area contributed by atoms with E-state index in [1.165, 1.54) is 10.4 Å². The second-order valence-electron chi connectivity index (χ2n) is 7.37. The van der Waals surface area contributed by atoms with Gasteiger partial charge >= 0.3 is 6.03 Å². The molecule has 0 aliphatic carbocycles. The lowest BCUT2D eigenvalue weighted by molar-refractivity contribution is -0.0237. The molecule has 2 aliphatic rings. The summed E-state index contributed by atoms with van der Waals surface area (Å²) in [5.41, 5.74) is 1.60. The van der Waals surface area contributed by atoms with Crippen LogP contribution in [-0.4, -0.2) is 62.3 Å². The summed E-state index contributed by atoms with van der Waals surface area (Å²) < 4.78 is 6.03. The molecule has 3 rings (SSSR count). The molecule has 1 aromatic rings. The highest BCUT2D eigenvalue weighted by Gasteiger charge is 2.47. The molecule has 5 nitrogen and oxygen atoms in total. The highest BCUT2D eigenvalue weighted by molar-refractivity contribution is 7.10. The number of carbonyl (C=O) groups excluding carboxylic acids is 1. The van der Waals surface area contributed by atoms with Crippen LogP contribution in [0.15, 0.2) is 11.4 Å². The number of carbonyl (C=O) groups is 1. The topological polar surface area (TPSA) is 44.8 Å². The number of likely N-dealkylation sites (tertiary alicyclic amines) is 1. The second kappa shape index (κ2) is 7.42.